The van der Waals surface area contributed by atoms with Crippen LogP contribution < -0.4 is 5.32 Å². The minimum Gasteiger partial charge on any atom is -0.320 e. The number of anilines is 1. The molecule has 0 unspecified atom stereocenters. The van der Waals surface area contributed by atoms with Crippen molar-refractivity contribution in [2.75, 3.05) is 5.32 Å². The molecule has 0 aliphatic heterocycles. The number of halogens is 5. The summed E-state index contributed by atoms with van der Waals surface area (Å²) in [7, 11) is 0. The molecule has 8 heteroatoms. The van der Waals surface area contributed by atoms with Crippen LogP contribution in [0.4, 0.5) is 18.9 Å². The highest BCUT2D eigenvalue weighted by molar-refractivity contribution is 9.11. The minimum absolute atomic E-state index is 0.0435. The molecule has 0 atom stereocenters. The molecule has 0 aliphatic rings. The number of alkyl halides is 3. The summed E-state index contributed by atoms with van der Waals surface area (Å²) in [5.74, 6) is -0.512. The Balaban J connectivity index is 2.27. The second-order valence-electron chi connectivity index (χ2n) is 3.75. The van der Waals surface area contributed by atoms with E-state index >= 15 is 0 Å². The monoisotopic (exact) mass is 383 g/mol. The number of nitrogens with one attached hydrogen (secondary N) is 1. The number of carbonyl (C=O) groups is 1. The summed E-state index contributed by atoms with van der Waals surface area (Å²) in [6, 6.07) is 6.01. The molecule has 0 bridgehead atoms. The Morgan fingerprint density at radius 1 is 1.25 bits per heavy atom. The molecule has 0 saturated carbocycles. The number of carbonyl (C=O) groups excluding carboxylic acids is 1. The van der Waals surface area contributed by atoms with Crippen molar-refractivity contribution in [2.24, 2.45) is 0 Å². The van der Waals surface area contributed by atoms with Gasteiger partial charge in [0.1, 0.15) is 0 Å². The van der Waals surface area contributed by atoms with Gasteiger partial charge in [0.05, 0.1) is 24.9 Å². The summed E-state index contributed by atoms with van der Waals surface area (Å²) in [6.45, 7) is 0. The van der Waals surface area contributed by atoms with Gasteiger partial charge in [-0.25, -0.2) is 0 Å². The molecular weight excluding hydrogens is 379 g/mol. The smallest absolute Gasteiger partial charge is 0.320 e. The van der Waals surface area contributed by atoms with Crippen molar-refractivity contribution in [1.29, 1.82) is 0 Å². The zero-order valence-electron chi connectivity index (χ0n) is 9.59. The van der Waals surface area contributed by atoms with Crippen molar-refractivity contribution in [2.45, 2.75) is 6.18 Å². The lowest BCUT2D eigenvalue weighted by atomic mass is 10.2. The summed E-state index contributed by atoms with van der Waals surface area (Å²) in [5.41, 5.74) is -0.944. The van der Waals surface area contributed by atoms with E-state index in [1.807, 2.05) is 0 Å². The zero-order valence-corrected chi connectivity index (χ0v) is 12.8. The van der Waals surface area contributed by atoms with Crippen LogP contribution in [-0.2, 0) is 6.18 Å². The Kier molecular flexibility index (Phi) is 4.41. The van der Waals surface area contributed by atoms with E-state index < -0.39 is 17.6 Å². The standard InChI is InChI=1S/C12H6BrClF3NOS/c13-10-4-3-9(20-10)11(19)18-8-5-6(12(15,16)17)1-2-7(8)14/h1-5H,(H,18,19). The Labute approximate surface area is 129 Å². The summed E-state index contributed by atoms with van der Waals surface area (Å²) < 4.78 is 38.6. The van der Waals surface area contributed by atoms with Crippen LogP contribution in [0.1, 0.15) is 15.2 Å². The SMILES string of the molecule is O=C(Nc1cc(C(F)(F)F)ccc1Cl)c1ccc(Br)s1. The Bertz CT molecular complexity index is 656. The van der Waals surface area contributed by atoms with E-state index in [9.17, 15) is 18.0 Å². The molecule has 1 aromatic heterocycles. The van der Waals surface area contributed by atoms with Gasteiger partial charge in [-0.1, -0.05) is 11.6 Å². The van der Waals surface area contributed by atoms with E-state index in [0.717, 1.165) is 22.0 Å². The fourth-order valence-electron chi connectivity index (χ4n) is 1.42. The first-order valence-electron chi connectivity index (χ1n) is 5.21. The fourth-order valence-corrected chi connectivity index (χ4v) is 2.86. The van der Waals surface area contributed by atoms with Crippen LogP contribution >= 0.6 is 38.9 Å². The van der Waals surface area contributed by atoms with Crippen molar-refractivity contribution in [3.05, 3.63) is 49.6 Å². The second kappa shape index (κ2) is 5.75. The van der Waals surface area contributed by atoms with Crippen LogP contribution in [0.5, 0.6) is 0 Å². The maximum absolute atomic E-state index is 12.6. The molecule has 2 rings (SSSR count). The number of hydrogen-bond acceptors (Lipinski definition) is 2. The minimum atomic E-state index is -4.49. The number of amides is 1. The average molecular weight is 385 g/mol. The Morgan fingerprint density at radius 2 is 1.95 bits per heavy atom. The van der Waals surface area contributed by atoms with Crippen molar-refractivity contribution >= 4 is 50.5 Å². The van der Waals surface area contributed by atoms with Gasteiger partial charge in [0.2, 0.25) is 0 Å². The highest BCUT2D eigenvalue weighted by Crippen LogP contribution is 2.34. The van der Waals surface area contributed by atoms with Crippen LogP contribution in [0.15, 0.2) is 34.1 Å². The molecule has 0 spiro atoms. The summed E-state index contributed by atoms with van der Waals surface area (Å²) >= 11 is 10.2. The molecule has 1 amide bonds. The van der Waals surface area contributed by atoms with Crippen LogP contribution in [0.25, 0.3) is 0 Å². The van der Waals surface area contributed by atoms with Gasteiger partial charge < -0.3 is 5.32 Å². The third kappa shape index (κ3) is 3.53. The first-order valence-corrected chi connectivity index (χ1v) is 7.19. The van der Waals surface area contributed by atoms with E-state index in [1.54, 1.807) is 12.1 Å². The molecule has 1 N–H and O–H groups in total. The summed E-state index contributed by atoms with van der Waals surface area (Å²) in [5, 5.41) is 2.41. The molecule has 0 saturated heterocycles. The number of rotatable bonds is 2. The molecule has 0 fully saturated rings. The van der Waals surface area contributed by atoms with Gasteiger partial charge in [0.15, 0.2) is 0 Å². The molecule has 1 heterocycles. The van der Waals surface area contributed by atoms with E-state index in [-0.39, 0.29) is 10.7 Å². The highest BCUT2D eigenvalue weighted by atomic mass is 79.9. The largest absolute Gasteiger partial charge is 0.416 e. The molecule has 0 aliphatic carbocycles. The van der Waals surface area contributed by atoms with Gasteiger partial charge in [-0.3, -0.25) is 4.79 Å². The normalized spacial score (nSPS) is 11.4. The highest BCUT2D eigenvalue weighted by Gasteiger charge is 2.31. The Hall–Kier alpha value is -1.05. The predicted molar refractivity (Wildman–Crippen MR) is 76.4 cm³/mol. The van der Waals surface area contributed by atoms with Crippen molar-refractivity contribution in [1.82, 2.24) is 0 Å². The van der Waals surface area contributed by atoms with Gasteiger partial charge in [-0.2, -0.15) is 13.2 Å². The lowest BCUT2D eigenvalue weighted by Gasteiger charge is -2.11. The Morgan fingerprint density at radius 3 is 2.50 bits per heavy atom. The molecule has 2 nitrogen and oxygen atoms in total. The first kappa shape index (κ1) is 15.3. The quantitative estimate of drug-likeness (QED) is 0.734. The maximum atomic E-state index is 12.6. The summed E-state index contributed by atoms with van der Waals surface area (Å²) in [6.07, 6.45) is -4.49. The molecule has 20 heavy (non-hydrogen) atoms. The van der Waals surface area contributed by atoms with Crippen molar-refractivity contribution in [3.8, 4) is 0 Å². The van der Waals surface area contributed by atoms with Gasteiger partial charge in [0, 0.05) is 0 Å². The topological polar surface area (TPSA) is 29.1 Å². The number of benzene rings is 1. The van der Waals surface area contributed by atoms with Crippen LogP contribution in [0.3, 0.4) is 0 Å². The number of hydrogen-bond donors (Lipinski definition) is 1. The fraction of sp³-hybridized carbons (Fsp3) is 0.0833. The lowest BCUT2D eigenvalue weighted by molar-refractivity contribution is -0.137. The van der Waals surface area contributed by atoms with Gasteiger partial charge in [0.25, 0.3) is 5.91 Å². The van der Waals surface area contributed by atoms with Crippen molar-refractivity contribution < 1.29 is 18.0 Å². The van der Waals surface area contributed by atoms with E-state index in [4.69, 9.17) is 11.6 Å². The van der Waals surface area contributed by atoms with Gasteiger partial charge >= 0.3 is 6.18 Å². The third-order valence-electron chi connectivity index (χ3n) is 2.34. The average Bonchev–Trinajstić information content (AvgIpc) is 2.77. The van der Waals surface area contributed by atoms with E-state index in [1.165, 1.54) is 11.3 Å². The van der Waals surface area contributed by atoms with Crippen LogP contribution in [0, 0.1) is 0 Å². The van der Waals surface area contributed by atoms with E-state index in [2.05, 4.69) is 21.2 Å². The van der Waals surface area contributed by atoms with Gasteiger partial charge in [-0.15, -0.1) is 11.3 Å². The molecule has 0 radical (unpaired) electrons. The lowest BCUT2D eigenvalue weighted by Crippen LogP contribution is -2.12. The zero-order chi connectivity index (χ0) is 14.9. The molecular formula is C12H6BrClF3NOS. The second-order valence-corrected chi connectivity index (χ2v) is 6.62. The molecule has 2 aromatic rings. The van der Waals surface area contributed by atoms with Gasteiger partial charge in [-0.05, 0) is 46.3 Å². The predicted octanol–water partition coefficient (Wildman–Crippen LogP) is 5.44. The molecule has 106 valence electrons. The van der Waals surface area contributed by atoms with E-state index in [0.29, 0.717) is 4.88 Å². The number of thiophene rings is 1. The first-order chi connectivity index (χ1) is 9.27. The maximum Gasteiger partial charge on any atom is 0.416 e. The van der Waals surface area contributed by atoms with Crippen LogP contribution in [0.2, 0.25) is 5.02 Å². The van der Waals surface area contributed by atoms with Crippen LogP contribution in [-0.4, -0.2) is 5.91 Å². The molecule has 1 aromatic carbocycles. The third-order valence-corrected chi connectivity index (χ3v) is 4.29. The summed E-state index contributed by atoms with van der Waals surface area (Å²) in [4.78, 5) is 12.2. The van der Waals surface area contributed by atoms with Crippen molar-refractivity contribution in [3.63, 3.8) is 0 Å².